The van der Waals surface area contributed by atoms with Crippen LogP contribution in [0.3, 0.4) is 0 Å². The fraction of sp³-hybridized carbons (Fsp3) is 0.158. The molecule has 0 saturated heterocycles. The van der Waals surface area contributed by atoms with Crippen LogP contribution in [-0.2, 0) is 4.79 Å². The van der Waals surface area contributed by atoms with Crippen molar-refractivity contribution >= 4 is 38.0 Å². The number of carbonyl (C=O) groups is 2. The minimum absolute atomic E-state index is 0.0280. The van der Waals surface area contributed by atoms with E-state index in [9.17, 15) is 20.1 Å². The second-order valence-electron chi connectivity index (χ2n) is 5.52. The van der Waals surface area contributed by atoms with Gasteiger partial charge in [-0.2, -0.15) is 0 Å². The summed E-state index contributed by atoms with van der Waals surface area (Å²) in [5, 5.41) is 23.9. The van der Waals surface area contributed by atoms with Gasteiger partial charge in [0.1, 0.15) is 0 Å². The molecule has 0 aliphatic carbocycles. The molecule has 1 amide bonds. The van der Waals surface area contributed by atoms with Crippen LogP contribution in [0.1, 0.15) is 21.2 Å². The monoisotopic (exact) mass is 427 g/mol. The van der Waals surface area contributed by atoms with Gasteiger partial charge in [0, 0.05) is 0 Å². The van der Waals surface area contributed by atoms with Crippen molar-refractivity contribution in [2.24, 2.45) is 5.92 Å². The number of hydrogen-bond acceptors (Lipinski definition) is 5. The molecule has 5 nitrogen and oxygen atoms in total. The van der Waals surface area contributed by atoms with Crippen molar-refractivity contribution in [3.8, 4) is 12.1 Å². The molecule has 1 aromatic carbocycles. The first kappa shape index (κ1) is 18.1. The fourth-order valence-corrected chi connectivity index (χ4v) is 5.55. The number of nitrogens with zero attached hydrogens (tertiary/aromatic N) is 2. The molecular formula is C19H13N3O2SSe. The Hall–Kier alpha value is -2.70. The van der Waals surface area contributed by atoms with Crippen LogP contribution in [0.25, 0.3) is 0 Å². The Morgan fingerprint density at radius 2 is 1.96 bits per heavy atom. The topological polar surface area (TPSA) is 93.8 Å². The summed E-state index contributed by atoms with van der Waals surface area (Å²) in [7, 11) is 0. The maximum atomic E-state index is 12.4. The van der Waals surface area contributed by atoms with Gasteiger partial charge in [-0.25, -0.2) is 0 Å². The van der Waals surface area contributed by atoms with Crippen molar-refractivity contribution in [1.29, 1.82) is 10.5 Å². The molecule has 26 heavy (non-hydrogen) atoms. The number of benzene rings is 1. The van der Waals surface area contributed by atoms with Gasteiger partial charge in [0.2, 0.25) is 0 Å². The van der Waals surface area contributed by atoms with E-state index in [1.165, 1.54) is 11.3 Å². The van der Waals surface area contributed by atoms with E-state index in [0.717, 1.165) is 4.88 Å². The second-order valence-corrected chi connectivity index (χ2v) is 8.57. The van der Waals surface area contributed by atoms with Gasteiger partial charge in [-0.1, -0.05) is 0 Å². The molecule has 1 aliphatic rings. The van der Waals surface area contributed by atoms with Crippen LogP contribution in [0.5, 0.6) is 0 Å². The number of thiophene rings is 1. The summed E-state index contributed by atoms with van der Waals surface area (Å²) in [6, 6.07) is 16.8. The van der Waals surface area contributed by atoms with E-state index in [-0.39, 0.29) is 11.1 Å². The molecule has 0 bridgehead atoms. The zero-order valence-electron chi connectivity index (χ0n) is 13.5. The summed E-state index contributed by atoms with van der Waals surface area (Å²) >= 11 is 1.02. The molecule has 1 aliphatic heterocycles. The van der Waals surface area contributed by atoms with Crippen LogP contribution < -0.4 is 5.32 Å². The Balaban J connectivity index is 1.89. The molecule has 0 radical (unpaired) electrons. The number of nitriles is 2. The van der Waals surface area contributed by atoms with Gasteiger partial charge in [0.15, 0.2) is 0 Å². The van der Waals surface area contributed by atoms with E-state index in [1.54, 1.807) is 24.3 Å². The van der Waals surface area contributed by atoms with Crippen molar-refractivity contribution in [3.05, 3.63) is 68.5 Å². The first-order valence-electron chi connectivity index (χ1n) is 7.75. The van der Waals surface area contributed by atoms with Gasteiger partial charge in [-0.3, -0.25) is 0 Å². The molecule has 3 rings (SSSR count). The number of carbonyl (C=O) groups excluding carboxylic acids is 2. The number of ketones is 1. The van der Waals surface area contributed by atoms with E-state index >= 15 is 0 Å². The predicted octanol–water partition coefficient (Wildman–Crippen LogP) is 2.84. The molecule has 128 valence electrons. The summed E-state index contributed by atoms with van der Waals surface area (Å²) in [5.74, 6) is -1.94. The third-order valence-electron chi connectivity index (χ3n) is 3.96. The first-order valence-corrected chi connectivity index (χ1v) is 10.7. The molecule has 1 N–H and O–H groups in total. The Labute approximate surface area is 161 Å². The summed E-state index contributed by atoms with van der Waals surface area (Å²) in [6.07, 6.45) is 0. The molecule has 0 saturated carbocycles. The Morgan fingerprint density at radius 1 is 1.19 bits per heavy atom. The van der Waals surface area contributed by atoms with E-state index < -0.39 is 32.7 Å². The van der Waals surface area contributed by atoms with Crippen LogP contribution in [0.2, 0.25) is 5.32 Å². The number of rotatable bonds is 5. The summed E-state index contributed by atoms with van der Waals surface area (Å²) < 4.78 is 0.499. The fourth-order valence-electron chi connectivity index (χ4n) is 2.70. The van der Waals surface area contributed by atoms with Gasteiger partial charge in [0.25, 0.3) is 0 Å². The zero-order valence-corrected chi connectivity index (χ0v) is 16.0. The SMILES string of the molecule is N#CC1=C([Se]CC(=O)c2ccccc2)NC(=O)C(C#N)C1c1cccs1. The van der Waals surface area contributed by atoms with Crippen LogP contribution in [0.4, 0.5) is 0 Å². The predicted molar refractivity (Wildman–Crippen MR) is 98.3 cm³/mol. The van der Waals surface area contributed by atoms with Gasteiger partial charge < -0.3 is 0 Å². The van der Waals surface area contributed by atoms with E-state index in [4.69, 9.17) is 0 Å². The molecule has 0 spiro atoms. The summed E-state index contributed by atoms with van der Waals surface area (Å²) in [5.41, 5.74) is 1.000. The van der Waals surface area contributed by atoms with Crippen molar-refractivity contribution in [2.75, 3.05) is 0 Å². The summed E-state index contributed by atoms with van der Waals surface area (Å²) in [6.45, 7) is 0. The number of allylic oxidation sites excluding steroid dienone is 1. The van der Waals surface area contributed by atoms with Crippen molar-refractivity contribution in [3.63, 3.8) is 0 Å². The molecule has 0 fully saturated rings. The molecule has 7 heteroatoms. The number of hydrogen-bond donors (Lipinski definition) is 1. The van der Waals surface area contributed by atoms with Crippen molar-refractivity contribution in [1.82, 2.24) is 5.32 Å². The number of amides is 1. The molecular weight excluding hydrogens is 413 g/mol. The average Bonchev–Trinajstić information content (AvgIpc) is 3.20. The van der Waals surface area contributed by atoms with Gasteiger partial charge in [-0.15, -0.1) is 0 Å². The maximum absolute atomic E-state index is 12.4. The standard InChI is InChI=1S/C19H13N3O2SSe/c20-9-13-17(16-7-4-8-25-16)14(10-21)19(22-18(13)24)26-11-15(23)12-5-2-1-3-6-12/h1-8,13,17H,11H2,(H,22,24). The third-order valence-corrected chi connectivity index (χ3v) is 7.05. The van der Waals surface area contributed by atoms with Crippen molar-refractivity contribution < 1.29 is 9.59 Å². The van der Waals surface area contributed by atoms with Gasteiger partial charge in [-0.05, 0) is 0 Å². The average molecular weight is 426 g/mol. The van der Waals surface area contributed by atoms with Gasteiger partial charge >= 0.3 is 161 Å². The van der Waals surface area contributed by atoms with Crippen LogP contribution in [-0.4, -0.2) is 26.6 Å². The zero-order chi connectivity index (χ0) is 18.5. The third kappa shape index (κ3) is 3.61. The number of Topliss-reactive ketones (excluding diaryl/α,β-unsaturated/α-hetero) is 1. The van der Waals surface area contributed by atoms with E-state index in [2.05, 4.69) is 11.4 Å². The second kappa shape index (κ2) is 8.12. The van der Waals surface area contributed by atoms with Crippen LogP contribution in [0.15, 0.2) is 58.0 Å². The van der Waals surface area contributed by atoms with Crippen LogP contribution in [0, 0.1) is 28.6 Å². The van der Waals surface area contributed by atoms with Crippen LogP contribution >= 0.6 is 11.3 Å². The quantitative estimate of drug-likeness (QED) is 0.588. The molecule has 2 atom stereocenters. The Bertz CT molecular complexity index is 939. The molecule has 2 heterocycles. The van der Waals surface area contributed by atoms with Crippen molar-refractivity contribution in [2.45, 2.75) is 11.2 Å². The Kier molecular flexibility index (Phi) is 5.65. The normalized spacial score (nSPS) is 19.4. The van der Waals surface area contributed by atoms with E-state index in [0.29, 0.717) is 15.7 Å². The minimum atomic E-state index is -0.937. The molecule has 1 aromatic heterocycles. The summed E-state index contributed by atoms with van der Waals surface area (Å²) in [4.78, 5) is 25.5. The Morgan fingerprint density at radius 3 is 2.58 bits per heavy atom. The van der Waals surface area contributed by atoms with E-state index in [1.807, 2.05) is 29.6 Å². The molecule has 2 aromatic rings. The first-order chi connectivity index (χ1) is 12.7. The van der Waals surface area contributed by atoms with Gasteiger partial charge in [0.05, 0.1) is 0 Å². The molecule has 2 unspecified atom stereocenters. The number of nitrogens with one attached hydrogen (secondary N) is 1.